The Kier molecular flexibility index (Phi) is 2.51. The Morgan fingerprint density at radius 3 is 2.89 bits per heavy atom. The molecule has 1 fully saturated rings. The van der Waals surface area contributed by atoms with Gasteiger partial charge in [-0.05, 0) is 18.1 Å². The highest BCUT2D eigenvalue weighted by molar-refractivity contribution is 6.05. The molecule has 18 heavy (non-hydrogen) atoms. The fourth-order valence-electron chi connectivity index (χ4n) is 2.94. The van der Waals surface area contributed by atoms with Gasteiger partial charge in [0.1, 0.15) is 0 Å². The van der Waals surface area contributed by atoms with E-state index < -0.39 is 0 Å². The number of hydrogen-bond acceptors (Lipinski definition) is 3. The van der Waals surface area contributed by atoms with Gasteiger partial charge in [-0.15, -0.1) is 0 Å². The molecule has 0 saturated carbocycles. The van der Waals surface area contributed by atoms with Gasteiger partial charge >= 0.3 is 0 Å². The van der Waals surface area contributed by atoms with Crippen LogP contribution in [0.15, 0.2) is 36.7 Å². The van der Waals surface area contributed by atoms with Crippen LogP contribution in [0.25, 0.3) is 0 Å². The van der Waals surface area contributed by atoms with Crippen molar-refractivity contribution in [3.05, 3.63) is 42.2 Å². The standard InChI is InChI=1S/C14H14N2O2/c1-16-13(17)11-6-2-5-10(12(11)14(16)18)9-4-3-7-15-8-9/h2-5,7-8,10-12H,6H2,1H3. The first-order valence-corrected chi connectivity index (χ1v) is 6.08. The molecule has 2 aliphatic rings. The van der Waals surface area contributed by atoms with Crippen LogP contribution < -0.4 is 0 Å². The first-order valence-electron chi connectivity index (χ1n) is 6.08. The number of aromatic nitrogens is 1. The Morgan fingerprint density at radius 1 is 1.33 bits per heavy atom. The van der Waals surface area contributed by atoms with E-state index in [2.05, 4.69) is 4.98 Å². The first kappa shape index (κ1) is 11.1. The lowest BCUT2D eigenvalue weighted by Gasteiger charge is -2.26. The van der Waals surface area contributed by atoms with E-state index in [4.69, 9.17) is 0 Å². The van der Waals surface area contributed by atoms with Crippen molar-refractivity contribution in [3.8, 4) is 0 Å². The summed E-state index contributed by atoms with van der Waals surface area (Å²) < 4.78 is 0. The molecule has 2 heterocycles. The average molecular weight is 242 g/mol. The Bertz CT molecular complexity index is 524. The summed E-state index contributed by atoms with van der Waals surface area (Å²) >= 11 is 0. The number of carbonyl (C=O) groups excluding carboxylic acids is 2. The van der Waals surface area contributed by atoms with Crippen molar-refractivity contribution < 1.29 is 9.59 Å². The Morgan fingerprint density at radius 2 is 2.17 bits per heavy atom. The van der Waals surface area contributed by atoms with Crippen LogP contribution in [0.3, 0.4) is 0 Å². The molecule has 2 amide bonds. The molecule has 3 rings (SSSR count). The van der Waals surface area contributed by atoms with Crippen LogP contribution in [0.2, 0.25) is 0 Å². The molecule has 4 heteroatoms. The number of likely N-dealkylation sites (tertiary alicyclic amines) is 1. The average Bonchev–Trinajstić information content (AvgIpc) is 2.65. The molecule has 1 saturated heterocycles. The second-order valence-electron chi connectivity index (χ2n) is 4.84. The van der Waals surface area contributed by atoms with E-state index in [0.717, 1.165) is 5.56 Å². The van der Waals surface area contributed by atoms with Crippen molar-refractivity contribution in [2.75, 3.05) is 7.05 Å². The molecule has 3 atom stereocenters. The smallest absolute Gasteiger partial charge is 0.233 e. The summed E-state index contributed by atoms with van der Waals surface area (Å²) in [5.41, 5.74) is 1.000. The van der Waals surface area contributed by atoms with Gasteiger partial charge in [0, 0.05) is 25.4 Å². The number of fused-ring (bicyclic) bond motifs is 1. The maximum Gasteiger partial charge on any atom is 0.233 e. The Labute approximate surface area is 105 Å². The largest absolute Gasteiger partial charge is 0.285 e. The third-order valence-electron chi connectivity index (χ3n) is 3.89. The number of rotatable bonds is 1. The first-order chi connectivity index (χ1) is 8.70. The van der Waals surface area contributed by atoms with Crippen molar-refractivity contribution in [1.82, 2.24) is 9.88 Å². The molecule has 0 spiro atoms. The third-order valence-corrected chi connectivity index (χ3v) is 3.89. The number of nitrogens with zero attached hydrogens (tertiary/aromatic N) is 2. The number of allylic oxidation sites excluding steroid dienone is 2. The van der Waals surface area contributed by atoms with E-state index in [1.807, 2.05) is 24.3 Å². The van der Waals surface area contributed by atoms with Crippen LogP contribution in [0.5, 0.6) is 0 Å². The number of carbonyl (C=O) groups is 2. The SMILES string of the molecule is CN1C(=O)C2CC=CC(c3cccnc3)C2C1=O. The number of hydrogen-bond donors (Lipinski definition) is 0. The van der Waals surface area contributed by atoms with Crippen molar-refractivity contribution >= 4 is 11.8 Å². The van der Waals surface area contributed by atoms with Crippen LogP contribution in [0.1, 0.15) is 17.9 Å². The van der Waals surface area contributed by atoms with Crippen molar-refractivity contribution in [2.24, 2.45) is 11.8 Å². The quantitative estimate of drug-likeness (QED) is 0.552. The molecular formula is C14H14N2O2. The van der Waals surface area contributed by atoms with Crippen LogP contribution in [0, 0.1) is 11.8 Å². The van der Waals surface area contributed by atoms with Crippen LogP contribution >= 0.6 is 0 Å². The lowest BCUT2D eigenvalue weighted by molar-refractivity contribution is -0.138. The summed E-state index contributed by atoms with van der Waals surface area (Å²) in [5.74, 6) is -0.598. The number of pyridine rings is 1. The highest BCUT2D eigenvalue weighted by atomic mass is 16.2. The number of imide groups is 1. The highest BCUT2D eigenvalue weighted by Gasteiger charge is 2.49. The summed E-state index contributed by atoms with van der Waals surface area (Å²) in [6.07, 6.45) is 8.18. The molecule has 1 aliphatic heterocycles. The monoisotopic (exact) mass is 242 g/mol. The van der Waals surface area contributed by atoms with Crippen LogP contribution in [0.4, 0.5) is 0 Å². The molecule has 92 valence electrons. The summed E-state index contributed by atoms with van der Waals surface area (Å²) in [6.45, 7) is 0. The van der Waals surface area contributed by atoms with Crippen molar-refractivity contribution in [2.45, 2.75) is 12.3 Å². The normalized spacial score (nSPS) is 30.7. The van der Waals surface area contributed by atoms with Gasteiger partial charge < -0.3 is 0 Å². The zero-order valence-corrected chi connectivity index (χ0v) is 10.1. The van der Waals surface area contributed by atoms with Gasteiger partial charge in [-0.2, -0.15) is 0 Å². The van der Waals surface area contributed by atoms with Crippen LogP contribution in [-0.2, 0) is 9.59 Å². The Balaban J connectivity index is 2.02. The Hall–Kier alpha value is -1.97. The van der Waals surface area contributed by atoms with E-state index >= 15 is 0 Å². The van der Waals surface area contributed by atoms with Gasteiger partial charge in [-0.25, -0.2) is 0 Å². The molecule has 0 bridgehead atoms. The maximum atomic E-state index is 12.2. The maximum absolute atomic E-state index is 12.2. The van der Waals surface area contributed by atoms with Gasteiger partial charge in [0.2, 0.25) is 11.8 Å². The van der Waals surface area contributed by atoms with Crippen LogP contribution in [-0.4, -0.2) is 28.7 Å². The van der Waals surface area contributed by atoms with Gasteiger partial charge in [-0.1, -0.05) is 18.2 Å². The van der Waals surface area contributed by atoms with E-state index in [9.17, 15) is 9.59 Å². The van der Waals surface area contributed by atoms with E-state index in [0.29, 0.717) is 6.42 Å². The lowest BCUT2D eigenvalue weighted by Crippen LogP contribution is -2.28. The molecule has 0 radical (unpaired) electrons. The minimum atomic E-state index is -0.253. The minimum Gasteiger partial charge on any atom is -0.285 e. The zero-order chi connectivity index (χ0) is 12.7. The summed E-state index contributed by atoms with van der Waals surface area (Å²) in [7, 11) is 1.57. The molecule has 1 aromatic heterocycles. The lowest BCUT2D eigenvalue weighted by atomic mass is 9.74. The van der Waals surface area contributed by atoms with Crippen molar-refractivity contribution in [1.29, 1.82) is 0 Å². The predicted octanol–water partition coefficient (Wildman–Crippen LogP) is 1.36. The third kappa shape index (κ3) is 1.49. The zero-order valence-electron chi connectivity index (χ0n) is 10.1. The number of amides is 2. The summed E-state index contributed by atoms with van der Waals surface area (Å²) in [6, 6.07) is 3.82. The molecule has 4 nitrogen and oxygen atoms in total. The van der Waals surface area contributed by atoms with Gasteiger partial charge in [0.25, 0.3) is 0 Å². The molecule has 1 aromatic rings. The van der Waals surface area contributed by atoms with Crippen molar-refractivity contribution in [3.63, 3.8) is 0 Å². The molecule has 1 aliphatic carbocycles. The molecular weight excluding hydrogens is 228 g/mol. The molecule has 3 unspecified atom stereocenters. The minimum absolute atomic E-state index is 0.0288. The van der Waals surface area contributed by atoms with E-state index in [1.165, 1.54) is 4.90 Å². The summed E-state index contributed by atoms with van der Waals surface area (Å²) in [4.78, 5) is 29.5. The predicted molar refractivity (Wildman–Crippen MR) is 65.5 cm³/mol. The van der Waals surface area contributed by atoms with Gasteiger partial charge in [-0.3, -0.25) is 19.5 Å². The molecule has 0 N–H and O–H groups in total. The second-order valence-corrected chi connectivity index (χ2v) is 4.84. The topological polar surface area (TPSA) is 50.3 Å². The van der Waals surface area contributed by atoms with E-state index in [-0.39, 0.29) is 29.6 Å². The fourth-order valence-corrected chi connectivity index (χ4v) is 2.94. The fraction of sp³-hybridized carbons (Fsp3) is 0.357. The molecule has 0 aromatic carbocycles. The van der Waals surface area contributed by atoms with E-state index in [1.54, 1.807) is 19.4 Å². The summed E-state index contributed by atoms with van der Waals surface area (Å²) in [5, 5.41) is 0. The second kappa shape index (κ2) is 4.05. The highest BCUT2D eigenvalue weighted by Crippen LogP contribution is 2.42. The van der Waals surface area contributed by atoms with Gasteiger partial charge in [0.05, 0.1) is 11.8 Å². The van der Waals surface area contributed by atoms with Gasteiger partial charge in [0.15, 0.2) is 0 Å².